The van der Waals surface area contributed by atoms with E-state index in [9.17, 15) is 9.59 Å². The maximum Gasteiger partial charge on any atom is 0.226 e. The fraction of sp³-hybridized carbons (Fsp3) is 0.222. The highest BCUT2D eigenvalue weighted by Gasteiger charge is 2.14. The van der Waals surface area contributed by atoms with E-state index in [4.69, 9.17) is 23.2 Å². The standard InChI is InChI=1S/C18H18Cl2N2O2/c1-12-4-3-5-15(10-12)22(13(2)23)9-8-18(24)21-17-7-6-14(19)11-16(17)20/h3-7,10-11H,8-9H2,1-2H3,(H,21,24). The van der Waals surface area contributed by atoms with Crippen molar-refractivity contribution in [3.8, 4) is 0 Å². The highest BCUT2D eigenvalue weighted by molar-refractivity contribution is 6.36. The van der Waals surface area contributed by atoms with Gasteiger partial charge in [0.25, 0.3) is 0 Å². The van der Waals surface area contributed by atoms with Gasteiger partial charge < -0.3 is 10.2 Å². The Balaban J connectivity index is 2.01. The summed E-state index contributed by atoms with van der Waals surface area (Å²) in [6.45, 7) is 3.73. The molecule has 0 aliphatic carbocycles. The van der Waals surface area contributed by atoms with Crippen LogP contribution >= 0.6 is 23.2 Å². The topological polar surface area (TPSA) is 49.4 Å². The molecule has 24 heavy (non-hydrogen) atoms. The second-order valence-electron chi connectivity index (χ2n) is 5.43. The Labute approximate surface area is 151 Å². The Bertz CT molecular complexity index is 762. The van der Waals surface area contributed by atoms with E-state index in [0.29, 0.717) is 15.7 Å². The largest absolute Gasteiger partial charge is 0.325 e. The Morgan fingerprint density at radius 3 is 2.50 bits per heavy atom. The van der Waals surface area contributed by atoms with E-state index in [1.165, 1.54) is 6.92 Å². The van der Waals surface area contributed by atoms with Crippen LogP contribution in [0.15, 0.2) is 42.5 Å². The summed E-state index contributed by atoms with van der Waals surface area (Å²) in [7, 11) is 0. The maximum atomic E-state index is 12.1. The van der Waals surface area contributed by atoms with Crippen molar-refractivity contribution in [1.82, 2.24) is 0 Å². The highest BCUT2D eigenvalue weighted by Crippen LogP contribution is 2.25. The third-order valence-electron chi connectivity index (χ3n) is 3.46. The maximum absolute atomic E-state index is 12.1. The average Bonchev–Trinajstić information content (AvgIpc) is 2.50. The van der Waals surface area contributed by atoms with Gasteiger partial charge in [0.05, 0.1) is 10.7 Å². The first-order chi connectivity index (χ1) is 11.4. The van der Waals surface area contributed by atoms with Crippen molar-refractivity contribution < 1.29 is 9.59 Å². The zero-order chi connectivity index (χ0) is 17.7. The van der Waals surface area contributed by atoms with Crippen LogP contribution in [0, 0.1) is 6.92 Å². The van der Waals surface area contributed by atoms with Gasteiger partial charge in [0.1, 0.15) is 0 Å². The number of anilines is 2. The van der Waals surface area contributed by atoms with Gasteiger partial charge in [-0.2, -0.15) is 0 Å². The van der Waals surface area contributed by atoms with Crippen molar-refractivity contribution in [1.29, 1.82) is 0 Å². The predicted octanol–water partition coefficient (Wildman–Crippen LogP) is 4.68. The Morgan fingerprint density at radius 2 is 1.88 bits per heavy atom. The van der Waals surface area contributed by atoms with E-state index < -0.39 is 0 Å². The van der Waals surface area contributed by atoms with Gasteiger partial charge >= 0.3 is 0 Å². The number of hydrogen-bond donors (Lipinski definition) is 1. The number of carbonyl (C=O) groups excluding carboxylic acids is 2. The zero-order valence-electron chi connectivity index (χ0n) is 13.5. The van der Waals surface area contributed by atoms with Gasteiger partial charge in [0, 0.05) is 30.6 Å². The van der Waals surface area contributed by atoms with Crippen LogP contribution < -0.4 is 10.2 Å². The van der Waals surface area contributed by atoms with E-state index in [0.717, 1.165) is 11.3 Å². The van der Waals surface area contributed by atoms with Crippen LogP contribution in [0.25, 0.3) is 0 Å². The minimum absolute atomic E-state index is 0.113. The first-order valence-electron chi connectivity index (χ1n) is 7.46. The van der Waals surface area contributed by atoms with Crippen LogP contribution in [0.1, 0.15) is 18.9 Å². The number of nitrogens with zero attached hydrogens (tertiary/aromatic N) is 1. The summed E-state index contributed by atoms with van der Waals surface area (Å²) >= 11 is 11.9. The molecule has 2 aromatic carbocycles. The van der Waals surface area contributed by atoms with Gasteiger partial charge in [0.2, 0.25) is 11.8 Å². The van der Waals surface area contributed by atoms with Crippen LogP contribution in [-0.4, -0.2) is 18.4 Å². The van der Waals surface area contributed by atoms with Crippen molar-refractivity contribution in [2.24, 2.45) is 0 Å². The number of aryl methyl sites for hydroxylation is 1. The lowest BCUT2D eigenvalue weighted by molar-refractivity contribution is -0.117. The molecule has 1 N–H and O–H groups in total. The summed E-state index contributed by atoms with van der Waals surface area (Å²) in [5, 5.41) is 3.60. The second-order valence-corrected chi connectivity index (χ2v) is 6.28. The van der Waals surface area contributed by atoms with E-state index in [1.807, 2.05) is 31.2 Å². The lowest BCUT2D eigenvalue weighted by atomic mass is 10.2. The Kier molecular flexibility index (Phi) is 6.23. The molecule has 0 heterocycles. The summed E-state index contributed by atoms with van der Waals surface area (Å²) < 4.78 is 0. The van der Waals surface area contributed by atoms with Crippen molar-refractivity contribution in [2.75, 3.05) is 16.8 Å². The smallest absolute Gasteiger partial charge is 0.226 e. The number of carbonyl (C=O) groups is 2. The van der Waals surface area contributed by atoms with E-state index in [2.05, 4.69) is 5.32 Å². The van der Waals surface area contributed by atoms with Crippen molar-refractivity contribution in [3.63, 3.8) is 0 Å². The monoisotopic (exact) mass is 364 g/mol. The molecule has 0 aromatic heterocycles. The summed E-state index contributed by atoms with van der Waals surface area (Å²) in [5.41, 5.74) is 2.33. The summed E-state index contributed by atoms with van der Waals surface area (Å²) in [5.74, 6) is -0.337. The summed E-state index contributed by atoms with van der Waals surface area (Å²) in [4.78, 5) is 25.6. The number of benzene rings is 2. The van der Waals surface area contributed by atoms with Crippen molar-refractivity contribution in [3.05, 3.63) is 58.1 Å². The van der Waals surface area contributed by atoms with Crippen LogP contribution in [-0.2, 0) is 9.59 Å². The molecular formula is C18H18Cl2N2O2. The third-order valence-corrected chi connectivity index (χ3v) is 4.01. The summed E-state index contributed by atoms with van der Waals surface area (Å²) in [6, 6.07) is 12.5. The Hall–Kier alpha value is -2.04. The molecular weight excluding hydrogens is 347 g/mol. The first-order valence-corrected chi connectivity index (χ1v) is 8.22. The number of nitrogens with one attached hydrogen (secondary N) is 1. The normalized spacial score (nSPS) is 10.3. The van der Waals surface area contributed by atoms with Crippen molar-refractivity contribution >= 4 is 46.4 Å². The van der Waals surface area contributed by atoms with Crippen molar-refractivity contribution in [2.45, 2.75) is 20.3 Å². The lowest BCUT2D eigenvalue weighted by Crippen LogP contribution is -2.32. The van der Waals surface area contributed by atoms with Gasteiger partial charge in [-0.3, -0.25) is 9.59 Å². The quantitative estimate of drug-likeness (QED) is 0.836. The van der Waals surface area contributed by atoms with Crippen LogP contribution in [0.2, 0.25) is 10.0 Å². The second kappa shape index (κ2) is 8.18. The average molecular weight is 365 g/mol. The molecule has 0 fully saturated rings. The minimum Gasteiger partial charge on any atom is -0.325 e. The molecule has 4 nitrogen and oxygen atoms in total. The number of rotatable bonds is 5. The third kappa shape index (κ3) is 4.98. The van der Waals surface area contributed by atoms with E-state index in [-0.39, 0.29) is 24.8 Å². The molecule has 0 saturated heterocycles. The molecule has 0 spiro atoms. The zero-order valence-corrected chi connectivity index (χ0v) is 15.0. The molecule has 6 heteroatoms. The molecule has 0 unspecified atom stereocenters. The molecule has 0 aliphatic heterocycles. The van der Waals surface area contributed by atoms with E-state index in [1.54, 1.807) is 23.1 Å². The minimum atomic E-state index is -0.224. The van der Waals surface area contributed by atoms with Crippen LogP contribution in [0.3, 0.4) is 0 Å². The molecule has 0 bridgehead atoms. The molecule has 126 valence electrons. The van der Waals surface area contributed by atoms with Crippen LogP contribution in [0.4, 0.5) is 11.4 Å². The molecule has 2 rings (SSSR count). The fourth-order valence-electron chi connectivity index (χ4n) is 2.28. The van der Waals surface area contributed by atoms with Gasteiger partial charge in [-0.25, -0.2) is 0 Å². The number of amides is 2. The number of halogens is 2. The van der Waals surface area contributed by atoms with Gasteiger partial charge in [0.15, 0.2) is 0 Å². The van der Waals surface area contributed by atoms with Gasteiger partial charge in [-0.15, -0.1) is 0 Å². The molecule has 0 atom stereocenters. The molecule has 2 amide bonds. The molecule has 0 aliphatic rings. The SMILES string of the molecule is CC(=O)N(CCC(=O)Nc1ccc(Cl)cc1Cl)c1cccc(C)c1. The first kappa shape index (κ1) is 18.3. The van der Waals surface area contributed by atoms with Gasteiger partial charge in [-0.05, 0) is 42.8 Å². The van der Waals surface area contributed by atoms with Gasteiger partial charge in [-0.1, -0.05) is 35.3 Å². The molecule has 0 saturated carbocycles. The van der Waals surface area contributed by atoms with Crippen LogP contribution in [0.5, 0.6) is 0 Å². The van der Waals surface area contributed by atoms with E-state index >= 15 is 0 Å². The number of hydrogen-bond acceptors (Lipinski definition) is 2. The predicted molar refractivity (Wildman–Crippen MR) is 98.9 cm³/mol. The fourth-order valence-corrected chi connectivity index (χ4v) is 2.74. The Morgan fingerprint density at radius 1 is 1.12 bits per heavy atom. The lowest BCUT2D eigenvalue weighted by Gasteiger charge is -2.21. The molecule has 2 aromatic rings. The summed E-state index contributed by atoms with van der Waals surface area (Å²) in [6.07, 6.45) is 0.159. The highest BCUT2D eigenvalue weighted by atomic mass is 35.5. The molecule has 0 radical (unpaired) electrons.